The molecule has 0 amide bonds. The second-order valence-electron chi connectivity index (χ2n) is 4.56. The van der Waals surface area contributed by atoms with Crippen molar-refractivity contribution in [1.82, 2.24) is 0 Å². The number of hydrogen-bond acceptors (Lipinski definition) is 2. The molecule has 0 spiro atoms. The molecule has 1 rings (SSSR count). The molecule has 0 aliphatic heterocycles. The standard InChI is InChI=1S/C12H24O2/c1-12(14-11-10-13-2)8-6-4-3-5-7-9-12/h3-11H2,1-2H3. The zero-order valence-corrected chi connectivity index (χ0v) is 9.68. The molecule has 1 aliphatic carbocycles. The van der Waals surface area contributed by atoms with Gasteiger partial charge in [-0.25, -0.2) is 0 Å². The molecule has 0 aromatic carbocycles. The molecule has 0 saturated heterocycles. The third-order valence-corrected chi connectivity index (χ3v) is 3.15. The molecule has 0 heterocycles. The van der Waals surface area contributed by atoms with Gasteiger partial charge >= 0.3 is 0 Å². The molecule has 1 fully saturated rings. The van der Waals surface area contributed by atoms with Gasteiger partial charge in [-0.3, -0.25) is 0 Å². The Morgan fingerprint density at radius 1 is 0.929 bits per heavy atom. The van der Waals surface area contributed by atoms with Crippen molar-refractivity contribution in [2.75, 3.05) is 20.3 Å². The zero-order chi connectivity index (χ0) is 10.3. The van der Waals surface area contributed by atoms with Crippen molar-refractivity contribution in [3.8, 4) is 0 Å². The van der Waals surface area contributed by atoms with E-state index in [4.69, 9.17) is 9.47 Å². The average Bonchev–Trinajstić information content (AvgIpc) is 2.13. The summed E-state index contributed by atoms with van der Waals surface area (Å²) in [6.45, 7) is 3.72. The maximum Gasteiger partial charge on any atom is 0.0707 e. The molecule has 0 atom stereocenters. The Kier molecular flexibility index (Phi) is 5.49. The van der Waals surface area contributed by atoms with Crippen LogP contribution < -0.4 is 0 Å². The molecule has 1 aliphatic rings. The second kappa shape index (κ2) is 6.41. The van der Waals surface area contributed by atoms with Gasteiger partial charge in [0.25, 0.3) is 0 Å². The van der Waals surface area contributed by atoms with Crippen LogP contribution in [0, 0.1) is 0 Å². The topological polar surface area (TPSA) is 18.5 Å². The Morgan fingerprint density at radius 3 is 2.07 bits per heavy atom. The van der Waals surface area contributed by atoms with Gasteiger partial charge in [-0.05, 0) is 19.8 Å². The summed E-state index contributed by atoms with van der Waals surface area (Å²) >= 11 is 0. The predicted molar refractivity (Wildman–Crippen MR) is 58.6 cm³/mol. The van der Waals surface area contributed by atoms with E-state index in [2.05, 4.69) is 6.92 Å². The van der Waals surface area contributed by atoms with Crippen LogP contribution in [-0.4, -0.2) is 25.9 Å². The van der Waals surface area contributed by atoms with E-state index in [0.717, 1.165) is 13.2 Å². The number of hydrogen-bond donors (Lipinski definition) is 0. The van der Waals surface area contributed by atoms with Gasteiger partial charge < -0.3 is 9.47 Å². The molecule has 0 radical (unpaired) electrons. The van der Waals surface area contributed by atoms with Crippen molar-refractivity contribution in [3.63, 3.8) is 0 Å². The largest absolute Gasteiger partial charge is 0.382 e. The summed E-state index contributed by atoms with van der Waals surface area (Å²) in [7, 11) is 1.73. The van der Waals surface area contributed by atoms with Crippen LogP contribution in [0.25, 0.3) is 0 Å². The summed E-state index contributed by atoms with van der Waals surface area (Å²) in [5, 5.41) is 0. The Morgan fingerprint density at radius 2 is 1.50 bits per heavy atom. The minimum absolute atomic E-state index is 0.124. The average molecular weight is 200 g/mol. The normalized spacial score (nSPS) is 22.7. The molecular formula is C12H24O2. The van der Waals surface area contributed by atoms with Crippen LogP contribution in [0.3, 0.4) is 0 Å². The predicted octanol–water partition coefficient (Wildman–Crippen LogP) is 3.15. The first kappa shape index (κ1) is 12.0. The molecule has 0 unspecified atom stereocenters. The highest BCUT2D eigenvalue weighted by Crippen LogP contribution is 2.28. The first-order chi connectivity index (χ1) is 6.77. The van der Waals surface area contributed by atoms with Crippen LogP contribution in [-0.2, 0) is 9.47 Å². The summed E-state index contributed by atoms with van der Waals surface area (Å²) in [5.41, 5.74) is 0.124. The fraction of sp³-hybridized carbons (Fsp3) is 1.00. The minimum Gasteiger partial charge on any atom is -0.382 e. The summed E-state index contributed by atoms with van der Waals surface area (Å²) in [4.78, 5) is 0. The quantitative estimate of drug-likeness (QED) is 0.649. The molecule has 0 N–H and O–H groups in total. The van der Waals surface area contributed by atoms with Crippen molar-refractivity contribution in [3.05, 3.63) is 0 Å². The number of ether oxygens (including phenoxy) is 2. The summed E-state index contributed by atoms with van der Waals surface area (Å²) in [5.74, 6) is 0. The first-order valence-corrected chi connectivity index (χ1v) is 5.90. The molecule has 0 aromatic heterocycles. The molecule has 14 heavy (non-hydrogen) atoms. The highest BCUT2D eigenvalue weighted by Gasteiger charge is 2.24. The van der Waals surface area contributed by atoms with Crippen LogP contribution in [0.4, 0.5) is 0 Å². The van der Waals surface area contributed by atoms with Crippen LogP contribution in [0.15, 0.2) is 0 Å². The van der Waals surface area contributed by atoms with E-state index < -0.39 is 0 Å². The van der Waals surface area contributed by atoms with Crippen LogP contribution in [0.5, 0.6) is 0 Å². The van der Waals surface area contributed by atoms with E-state index >= 15 is 0 Å². The lowest BCUT2D eigenvalue weighted by molar-refractivity contribution is -0.0654. The van der Waals surface area contributed by atoms with Crippen molar-refractivity contribution >= 4 is 0 Å². The first-order valence-electron chi connectivity index (χ1n) is 5.90. The SMILES string of the molecule is COCCOC1(C)CCCCCCC1. The van der Waals surface area contributed by atoms with Crippen molar-refractivity contribution in [2.45, 2.75) is 57.5 Å². The van der Waals surface area contributed by atoms with Crippen LogP contribution in [0.2, 0.25) is 0 Å². The van der Waals surface area contributed by atoms with Crippen molar-refractivity contribution < 1.29 is 9.47 Å². The minimum atomic E-state index is 0.124. The van der Waals surface area contributed by atoms with Gasteiger partial charge in [0, 0.05) is 7.11 Å². The fourth-order valence-corrected chi connectivity index (χ4v) is 2.17. The third kappa shape index (κ3) is 4.43. The highest BCUT2D eigenvalue weighted by molar-refractivity contribution is 4.77. The van der Waals surface area contributed by atoms with E-state index in [0.29, 0.717) is 0 Å². The highest BCUT2D eigenvalue weighted by atomic mass is 16.5. The molecular weight excluding hydrogens is 176 g/mol. The van der Waals surface area contributed by atoms with Gasteiger partial charge in [0.15, 0.2) is 0 Å². The lowest BCUT2D eigenvalue weighted by Gasteiger charge is -2.31. The molecule has 2 heteroatoms. The molecule has 0 bridgehead atoms. The van der Waals surface area contributed by atoms with Crippen molar-refractivity contribution in [1.29, 1.82) is 0 Å². The van der Waals surface area contributed by atoms with Gasteiger partial charge in [0.2, 0.25) is 0 Å². The molecule has 84 valence electrons. The maximum absolute atomic E-state index is 5.92. The van der Waals surface area contributed by atoms with E-state index in [-0.39, 0.29) is 5.60 Å². The number of methoxy groups -OCH3 is 1. The maximum atomic E-state index is 5.92. The Balaban J connectivity index is 2.27. The molecule has 2 nitrogen and oxygen atoms in total. The zero-order valence-electron chi connectivity index (χ0n) is 9.68. The third-order valence-electron chi connectivity index (χ3n) is 3.15. The second-order valence-corrected chi connectivity index (χ2v) is 4.56. The van der Waals surface area contributed by atoms with Gasteiger partial charge in [-0.2, -0.15) is 0 Å². The van der Waals surface area contributed by atoms with E-state index in [9.17, 15) is 0 Å². The summed E-state index contributed by atoms with van der Waals surface area (Å²) < 4.78 is 10.9. The smallest absolute Gasteiger partial charge is 0.0707 e. The summed E-state index contributed by atoms with van der Waals surface area (Å²) in [6.07, 6.45) is 9.25. The Hall–Kier alpha value is -0.0800. The van der Waals surface area contributed by atoms with Gasteiger partial charge in [-0.15, -0.1) is 0 Å². The molecule has 0 aromatic rings. The lowest BCUT2D eigenvalue weighted by Crippen LogP contribution is -2.31. The van der Waals surface area contributed by atoms with Crippen LogP contribution in [0.1, 0.15) is 51.9 Å². The van der Waals surface area contributed by atoms with Crippen LogP contribution >= 0.6 is 0 Å². The summed E-state index contributed by atoms with van der Waals surface area (Å²) in [6, 6.07) is 0. The Bertz CT molecular complexity index is 137. The van der Waals surface area contributed by atoms with E-state index in [1.54, 1.807) is 7.11 Å². The van der Waals surface area contributed by atoms with E-state index in [1.165, 1.54) is 44.9 Å². The number of rotatable bonds is 4. The van der Waals surface area contributed by atoms with E-state index in [1.807, 2.05) is 0 Å². The molecule has 1 saturated carbocycles. The Labute approximate surface area is 88.0 Å². The van der Waals surface area contributed by atoms with Gasteiger partial charge in [-0.1, -0.05) is 32.1 Å². The van der Waals surface area contributed by atoms with Gasteiger partial charge in [0.05, 0.1) is 18.8 Å². The van der Waals surface area contributed by atoms with Crippen molar-refractivity contribution in [2.24, 2.45) is 0 Å². The lowest BCUT2D eigenvalue weighted by atomic mass is 9.88. The van der Waals surface area contributed by atoms with Gasteiger partial charge in [0.1, 0.15) is 0 Å². The fourth-order valence-electron chi connectivity index (χ4n) is 2.17. The monoisotopic (exact) mass is 200 g/mol.